The highest BCUT2D eigenvalue weighted by molar-refractivity contribution is 7.99. The van der Waals surface area contributed by atoms with E-state index in [2.05, 4.69) is 0 Å². The van der Waals surface area contributed by atoms with Crippen LogP contribution in [0.15, 0.2) is 54.6 Å². The fourth-order valence-corrected chi connectivity index (χ4v) is 4.58. The molecule has 0 aliphatic carbocycles. The Morgan fingerprint density at radius 2 is 1.65 bits per heavy atom. The summed E-state index contributed by atoms with van der Waals surface area (Å²) in [7, 11) is 0. The predicted octanol–water partition coefficient (Wildman–Crippen LogP) is 6.82. The number of urea groups is 1. The third-order valence-corrected chi connectivity index (χ3v) is 6.80. The minimum absolute atomic E-state index is 0.163. The zero-order chi connectivity index (χ0) is 29.0. The molecule has 0 aromatic heterocycles. The van der Waals surface area contributed by atoms with Gasteiger partial charge in [0, 0.05) is 31.3 Å². The quantitative estimate of drug-likeness (QED) is 0.246. The molecule has 1 aliphatic heterocycles. The van der Waals surface area contributed by atoms with Gasteiger partial charge in [0.25, 0.3) is 5.91 Å². The number of amides is 3. The Morgan fingerprint density at radius 3 is 2.25 bits per heavy atom. The summed E-state index contributed by atoms with van der Waals surface area (Å²) in [6, 6.07) is 7.06. The van der Waals surface area contributed by atoms with E-state index in [1.54, 1.807) is 4.31 Å². The summed E-state index contributed by atoms with van der Waals surface area (Å²) in [5, 5.41) is 1.48. The summed E-state index contributed by atoms with van der Waals surface area (Å²) >= 11 is 6.62. The number of carbonyl (C=O) groups excluding carboxylic acids is 2. The molecule has 7 nitrogen and oxygen atoms in total. The molecule has 4 rings (SSSR count). The Kier molecular flexibility index (Phi) is 9.13. The summed E-state index contributed by atoms with van der Waals surface area (Å²) < 4.78 is 95.1. The number of ether oxygens (including phenoxy) is 2. The van der Waals surface area contributed by atoms with Crippen molar-refractivity contribution in [2.24, 2.45) is 0 Å². The van der Waals surface area contributed by atoms with Crippen LogP contribution in [0.1, 0.15) is 15.9 Å². The molecule has 3 aromatic rings. The van der Waals surface area contributed by atoms with Crippen LogP contribution in [0.4, 0.5) is 36.8 Å². The van der Waals surface area contributed by atoms with Crippen LogP contribution in [0.3, 0.4) is 0 Å². The smallest absolute Gasteiger partial charge is 0.416 e. The van der Waals surface area contributed by atoms with Gasteiger partial charge in [0.1, 0.15) is 28.7 Å². The Morgan fingerprint density at radius 1 is 0.975 bits per heavy atom. The third kappa shape index (κ3) is 6.99. The van der Waals surface area contributed by atoms with Gasteiger partial charge in [-0.1, -0.05) is 17.7 Å². The summed E-state index contributed by atoms with van der Waals surface area (Å²) in [6.07, 6.45) is -4.63. The molecule has 0 bridgehead atoms. The molecule has 0 unspecified atom stereocenters. The van der Waals surface area contributed by atoms with Crippen molar-refractivity contribution in [1.29, 1.82) is 0 Å². The van der Waals surface area contributed by atoms with Crippen LogP contribution in [-0.4, -0.2) is 42.5 Å². The summed E-state index contributed by atoms with van der Waals surface area (Å²) in [5.74, 6) is -5.16. The number of benzene rings is 3. The number of morpholine rings is 1. The third-order valence-electron chi connectivity index (χ3n) is 5.39. The SMILES string of the molecule is O=C(NC(=O)N(SN1CCOCC1)c1ccc(Oc2ccc(C(F)(F)F)cc2Cl)cc1F)c1c(F)cccc1F. The lowest BCUT2D eigenvalue weighted by atomic mass is 10.2. The lowest BCUT2D eigenvalue weighted by Gasteiger charge is -2.31. The van der Waals surface area contributed by atoms with E-state index < -0.39 is 46.7 Å². The van der Waals surface area contributed by atoms with Crippen LogP contribution in [-0.2, 0) is 10.9 Å². The van der Waals surface area contributed by atoms with Crippen LogP contribution in [0.25, 0.3) is 0 Å². The number of nitrogens with one attached hydrogen (secondary N) is 1. The molecule has 3 amide bonds. The minimum atomic E-state index is -4.63. The maximum Gasteiger partial charge on any atom is 0.416 e. The number of hydrogen-bond acceptors (Lipinski definition) is 6. The number of alkyl halides is 3. The highest BCUT2D eigenvalue weighted by Gasteiger charge is 2.31. The standard InChI is InChI=1S/C25H18ClF6N3O4S/c26-16-12-14(25(30,31)32)4-7-21(16)39-15-5-6-20(19(29)13-15)35(40-34-8-10-38-11-9-34)24(37)33-23(36)22-17(27)2-1-3-18(22)28/h1-7,12-13H,8-11H2,(H,33,36,37). The van der Waals surface area contributed by atoms with Crippen LogP contribution < -0.4 is 14.4 Å². The van der Waals surface area contributed by atoms with E-state index in [-0.39, 0.29) is 22.2 Å². The van der Waals surface area contributed by atoms with Crippen molar-refractivity contribution < 1.29 is 45.4 Å². The molecule has 0 radical (unpaired) electrons. The van der Waals surface area contributed by atoms with Gasteiger partial charge in [-0.05, 0) is 42.5 Å². The van der Waals surface area contributed by atoms with E-state index in [1.807, 2.05) is 5.32 Å². The molecule has 40 heavy (non-hydrogen) atoms. The average molecular weight is 606 g/mol. The van der Waals surface area contributed by atoms with Gasteiger partial charge in [-0.15, -0.1) is 0 Å². The molecule has 0 saturated carbocycles. The van der Waals surface area contributed by atoms with Crippen molar-refractivity contribution >= 4 is 41.4 Å². The fraction of sp³-hybridized carbons (Fsp3) is 0.200. The number of nitrogens with zero attached hydrogens (tertiary/aromatic N) is 2. The van der Waals surface area contributed by atoms with E-state index in [4.69, 9.17) is 21.1 Å². The first kappa shape index (κ1) is 29.5. The summed E-state index contributed by atoms with van der Waals surface area (Å²) in [5.41, 5.74) is -2.36. The van der Waals surface area contributed by atoms with Crippen molar-refractivity contribution in [3.8, 4) is 11.5 Å². The van der Waals surface area contributed by atoms with E-state index in [0.717, 1.165) is 58.9 Å². The molecule has 3 aromatic carbocycles. The van der Waals surface area contributed by atoms with E-state index in [9.17, 15) is 31.5 Å². The topological polar surface area (TPSA) is 71.1 Å². The molecular weight excluding hydrogens is 588 g/mol. The maximum atomic E-state index is 15.3. The normalized spacial score (nSPS) is 14.1. The Balaban J connectivity index is 1.58. The largest absolute Gasteiger partial charge is 0.456 e. The number of imide groups is 1. The Bertz CT molecular complexity index is 1400. The second-order valence-electron chi connectivity index (χ2n) is 8.13. The van der Waals surface area contributed by atoms with E-state index in [1.165, 1.54) is 6.07 Å². The minimum Gasteiger partial charge on any atom is -0.456 e. The molecule has 212 valence electrons. The van der Waals surface area contributed by atoms with Gasteiger partial charge >= 0.3 is 12.2 Å². The molecule has 0 spiro atoms. The van der Waals surface area contributed by atoms with Crippen molar-refractivity contribution in [3.05, 3.63) is 88.2 Å². The Labute approximate surface area is 232 Å². The average Bonchev–Trinajstić information content (AvgIpc) is 2.89. The molecule has 1 N–H and O–H groups in total. The lowest BCUT2D eigenvalue weighted by Crippen LogP contribution is -2.44. The number of hydrogen-bond donors (Lipinski definition) is 1. The fourth-order valence-electron chi connectivity index (χ4n) is 3.46. The zero-order valence-electron chi connectivity index (χ0n) is 20.1. The number of halogens is 7. The lowest BCUT2D eigenvalue weighted by molar-refractivity contribution is -0.137. The highest BCUT2D eigenvalue weighted by atomic mass is 35.5. The number of anilines is 1. The van der Waals surface area contributed by atoms with E-state index in [0.29, 0.717) is 32.4 Å². The van der Waals surface area contributed by atoms with Crippen LogP contribution in [0, 0.1) is 17.5 Å². The highest BCUT2D eigenvalue weighted by Crippen LogP contribution is 2.38. The second-order valence-corrected chi connectivity index (χ2v) is 9.58. The molecule has 1 heterocycles. The van der Waals surface area contributed by atoms with Gasteiger partial charge in [0.15, 0.2) is 5.82 Å². The molecule has 15 heteroatoms. The van der Waals surface area contributed by atoms with Crippen LogP contribution in [0.2, 0.25) is 5.02 Å². The van der Waals surface area contributed by atoms with Gasteiger partial charge in [-0.2, -0.15) is 13.2 Å². The first-order chi connectivity index (χ1) is 18.9. The Hall–Kier alpha value is -3.46. The molecule has 1 saturated heterocycles. The summed E-state index contributed by atoms with van der Waals surface area (Å²) in [4.78, 5) is 25.6. The van der Waals surface area contributed by atoms with Gasteiger partial charge in [0.05, 0.1) is 29.5 Å². The molecule has 0 atom stereocenters. The molecule has 1 fully saturated rings. The molecule has 1 aliphatic rings. The second kappa shape index (κ2) is 12.4. The number of carbonyl (C=O) groups is 2. The van der Waals surface area contributed by atoms with Gasteiger partial charge in [0.2, 0.25) is 0 Å². The number of rotatable bonds is 6. The van der Waals surface area contributed by atoms with Gasteiger partial charge in [-0.3, -0.25) is 10.1 Å². The van der Waals surface area contributed by atoms with Crippen LogP contribution >= 0.6 is 23.7 Å². The summed E-state index contributed by atoms with van der Waals surface area (Å²) in [6.45, 7) is 1.29. The van der Waals surface area contributed by atoms with Crippen LogP contribution in [0.5, 0.6) is 11.5 Å². The monoisotopic (exact) mass is 605 g/mol. The first-order valence-corrected chi connectivity index (χ1v) is 12.5. The maximum absolute atomic E-state index is 15.3. The van der Waals surface area contributed by atoms with Crippen molar-refractivity contribution in [2.45, 2.75) is 6.18 Å². The van der Waals surface area contributed by atoms with Crippen molar-refractivity contribution in [2.75, 3.05) is 30.6 Å². The van der Waals surface area contributed by atoms with Crippen molar-refractivity contribution in [3.63, 3.8) is 0 Å². The zero-order valence-corrected chi connectivity index (χ0v) is 21.7. The van der Waals surface area contributed by atoms with E-state index >= 15 is 4.39 Å². The molecular formula is C25H18ClF6N3O4S. The predicted molar refractivity (Wildman–Crippen MR) is 135 cm³/mol. The van der Waals surface area contributed by atoms with Gasteiger partial charge in [-0.25, -0.2) is 26.6 Å². The van der Waals surface area contributed by atoms with Crippen molar-refractivity contribution in [1.82, 2.24) is 9.62 Å². The van der Waals surface area contributed by atoms with Gasteiger partial charge < -0.3 is 9.47 Å². The first-order valence-electron chi connectivity index (χ1n) is 11.4.